The van der Waals surface area contributed by atoms with Gasteiger partial charge in [0.1, 0.15) is 59.0 Å². The van der Waals surface area contributed by atoms with E-state index < -0.39 is 77.6 Å². The predicted molar refractivity (Wildman–Crippen MR) is 125 cm³/mol. The van der Waals surface area contributed by atoms with Crippen molar-refractivity contribution < 1.29 is 67.2 Å². The first-order valence-electron chi connectivity index (χ1n) is 11.0. The van der Waals surface area contributed by atoms with Crippen molar-refractivity contribution >= 4 is 27.2 Å². The minimum atomic E-state index is -4.97. The maximum Gasteiger partial charge on any atom is 0.466 e. The minimum absolute atomic E-state index is 0.125. The maximum absolute atomic E-state index is 11.0. The fourth-order valence-electron chi connectivity index (χ4n) is 3.59. The fraction of sp³-hybridized carbons (Fsp3) is 0.650. The molecule has 0 spiro atoms. The topological polar surface area (TPSA) is 245 Å². The van der Waals surface area contributed by atoms with Gasteiger partial charge in [0, 0.05) is 6.42 Å². The van der Waals surface area contributed by atoms with E-state index in [1.54, 1.807) is 0 Å². The van der Waals surface area contributed by atoms with E-state index in [-0.39, 0.29) is 17.2 Å². The summed E-state index contributed by atoms with van der Waals surface area (Å²) in [5, 5.41) is 72.5. The maximum atomic E-state index is 11.0. The Labute approximate surface area is 215 Å². The second-order valence-electron chi connectivity index (χ2n) is 8.42. The van der Waals surface area contributed by atoms with E-state index in [1.807, 2.05) is 0 Å². The van der Waals surface area contributed by atoms with Crippen molar-refractivity contribution in [2.45, 2.75) is 73.9 Å². The van der Waals surface area contributed by atoms with Gasteiger partial charge in [-0.3, -0.25) is 4.55 Å². The van der Waals surface area contributed by atoms with Crippen molar-refractivity contribution in [2.24, 2.45) is 5.16 Å². The van der Waals surface area contributed by atoms with Gasteiger partial charge in [-0.05, 0) is 24.6 Å². The Morgan fingerprint density at radius 1 is 0.946 bits per heavy atom. The molecule has 3 rings (SSSR count). The van der Waals surface area contributed by atoms with Crippen molar-refractivity contribution in [2.75, 3.05) is 6.61 Å². The second kappa shape index (κ2) is 12.5. The van der Waals surface area contributed by atoms with Gasteiger partial charge in [-0.15, -0.1) is 0 Å². The van der Waals surface area contributed by atoms with E-state index in [0.29, 0.717) is 17.3 Å². The first-order valence-corrected chi connectivity index (χ1v) is 13.2. The van der Waals surface area contributed by atoms with Gasteiger partial charge in [-0.2, -0.15) is 8.42 Å². The van der Waals surface area contributed by atoms with Crippen LogP contribution in [0.4, 0.5) is 0 Å². The lowest BCUT2D eigenvalue weighted by Gasteiger charge is -2.39. The van der Waals surface area contributed by atoms with Gasteiger partial charge in [-0.25, -0.2) is 4.28 Å². The summed E-state index contributed by atoms with van der Waals surface area (Å²) in [6, 6.07) is 5.98. The van der Waals surface area contributed by atoms with Crippen molar-refractivity contribution in [1.82, 2.24) is 0 Å². The SMILES string of the molecule is C[C@@H]1O[C@@H](Oc2ccc(C/C(=N/OS(=O)(=O)O)S[C@@H]3O[C@H](CO)[C@@H](O)[C@H](O)[C@H]3O)cc2)[C@H](O)[C@H](O)[C@H]1O. The lowest BCUT2D eigenvalue weighted by molar-refractivity contribution is -0.268. The first kappa shape index (κ1) is 29.9. The number of ether oxygens (including phenoxy) is 3. The first-order chi connectivity index (χ1) is 17.3. The third-order valence-corrected chi connectivity index (χ3v) is 7.05. The van der Waals surface area contributed by atoms with Crippen LogP contribution in [0.15, 0.2) is 29.4 Å². The van der Waals surface area contributed by atoms with E-state index in [1.165, 1.54) is 31.2 Å². The van der Waals surface area contributed by atoms with Crippen LogP contribution in [0, 0.1) is 0 Å². The molecule has 2 saturated heterocycles. The lowest BCUT2D eigenvalue weighted by atomic mass is 10.00. The van der Waals surface area contributed by atoms with Crippen LogP contribution in [0.2, 0.25) is 0 Å². The molecule has 10 atom stereocenters. The molecule has 1 aromatic carbocycles. The largest absolute Gasteiger partial charge is 0.466 e. The Morgan fingerprint density at radius 2 is 1.57 bits per heavy atom. The average Bonchev–Trinajstić information content (AvgIpc) is 2.85. The second-order valence-corrected chi connectivity index (χ2v) is 10.6. The third-order valence-electron chi connectivity index (χ3n) is 5.67. The minimum Gasteiger partial charge on any atom is -0.462 e. The lowest BCUT2D eigenvalue weighted by Crippen LogP contribution is -2.58. The number of benzene rings is 1. The van der Waals surface area contributed by atoms with Crippen LogP contribution in [-0.2, 0) is 30.6 Å². The number of aliphatic hydroxyl groups is 7. The Kier molecular flexibility index (Phi) is 10.1. The summed E-state index contributed by atoms with van der Waals surface area (Å²) in [5.74, 6) is 0.220. The number of oxime groups is 1. The highest BCUT2D eigenvalue weighted by Gasteiger charge is 2.45. The van der Waals surface area contributed by atoms with Crippen LogP contribution in [0.25, 0.3) is 0 Å². The fourth-order valence-corrected chi connectivity index (χ4v) is 4.92. The molecular formula is C20H29NO14S2. The zero-order valence-electron chi connectivity index (χ0n) is 19.3. The molecule has 0 radical (unpaired) electrons. The van der Waals surface area contributed by atoms with Crippen molar-refractivity contribution in [3.63, 3.8) is 0 Å². The average molecular weight is 572 g/mol. The number of aliphatic hydroxyl groups excluding tert-OH is 7. The number of hydrogen-bond donors (Lipinski definition) is 8. The summed E-state index contributed by atoms with van der Waals surface area (Å²) < 4.78 is 51.3. The molecular weight excluding hydrogens is 542 g/mol. The molecule has 0 aliphatic carbocycles. The molecule has 15 nitrogen and oxygen atoms in total. The Morgan fingerprint density at radius 3 is 2.16 bits per heavy atom. The van der Waals surface area contributed by atoms with Crippen LogP contribution in [-0.4, -0.2) is 121 Å². The number of hydrogen-bond acceptors (Lipinski definition) is 15. The van der Waals surface area contributed by atoms with Gasteiger partial charge in [0.2, 0.25) is 6.29 Å². The Bertz CT molecular complexity index is 1020. The Hall–Kier alpha value is -1.61. The summed E-state index contributed by atoms with van der Waals surface area (Å²) in [5.41, 5.74) is -0.799. The number of nitrogens with zero attached hydrogens (tertiary/aromatic N) is 1. The van der Waals surface area contributed by atoms with Gasteiger partial charge in [0.05, 0.1) is 12.7 Å². The van der Waals surface area contributed by atoms with Gasteiger partial charge in [0.25, 0.3) is 0 Å². The van der Waals surface area contributed by atoms with Crippen molar-refractivity contribution in [3.05, 3.63) is 29.8 Å². The summed E-state index contributed by atoms with van der Waals surface area (Å²) in [4.78, 5) is 0. The van der Waals surface area contributed by atoms with E-state index in [9.17, 15) is 44.2 Å². The highest BCUT2D eigenvalue weighted by molar-refractivity contribution is 8.14. The summed E-state index contributed by atoms with van der Waals surface area (Å²) in [7, 11) is -4.97. The summed E-state index contributed by atoms with van der Waals surface area (Å²) >= 11 is 0.627. The number of rotatable bonds is 8. The predicted octanol–water partition coefficient (Wildman–Crippen LogP) is -2.90. The molecule has 2 aliphatic heterocycles. The van der Waals surface area contributed by atoms with Crippen molar-refractivity contribution in [3.8, 4) is 5.75 Å². The molecule has 37 heavy (non-hydrogen) atoms. The molecule has 17 heteroatoms. The van der Waals surface area contributed by atoms with Crippen LogP contribution < -0.4 is 4.74 Å². The highest BCUT2D eigenvalue weighted by atomic mass is 32.3. The molecule has 0 unspecified atom stereocenters. The molecule has 1 aromatic rings. The smallest absolute Gasteiger partial charge is 0.462 e. The number of thioether (sulfide) groups is 1. The zero-order valence-corrected chi connectivity index (χ0v) is 20.9. The van der Waals surface area contributed by atoms with Crippen molar-refractivity contribution in [1.29, 1.82) is 0 Å². The van der Waals surface area contributed by atoms with Gasteiger partial charge < -0.3 is 50.0 Å². The summed E-state index contributed by atoms with van der Waals surface area (Å²) in [6.07, 6.45) is -12.6. The third kappa shape index (κ3) is 7.71. The van der Waals surface area contributed by atoms with Crippen LogP contribution in [0.3, 0.4) is 0 Å². The normalized spacial score (nSPS) is 37.3. The highest BCUT2D eigenvalue weighted by Crippen LogP contribution is 2.31. The zero-order chi connectivity index (χ0) is 27.5. The monoisotopic (exact) mass is 571 g/mol. The molecule has 2 heterocycles. The Balaban J connectivity index is 1.72. The standard InChI is InChI=1S/C20H29NO14S2/c1-8-13(23)15(25)17(27)19(32-8)33-10-4-2-9(3-5-10)6-12(21-35-37(29,30)31)36-20-18(28)16(26)14(24)11(7-22)34-20/h2-5,8,11,13-20,22-28H,6-7H2,1H3,(H,29,30,31)/b21-12-/t8-,11+,13-,14+,15+,16-,17+,18+,19-,20-/m0/s1. The molecule has 8 N–H and O–H groups in total. The van der Waals surface area contributed by atoms with Gasteiger partial charge in [0.15, 0.2) is 0 Å². The van der Waals surface area contributed by atoms with E-state index in [2.05, 4.69) is 9.44 Å². The van der Waals surface area contributed by atoms with E-state index >= 15 is 0 Å². The molecule has 2 fully saturated rings. The molecule has 0 amide bonds. The van der Waals surface area contributed by atoms with Crippen LogP contribution in [0.1, 0.15) is 12.5 Å². The molecule has 2 aliphatic rings. The molecule has 0 saturated carbocycles. The molecule has 210 valence electrons. The summed E-state index contributed by atoms with van der Waals surface area (Å²) in [6.45, 7) is 0.827. The quantitative estimate of drug-likeness (QED) is 0.0675. The van der Waals surface area contributed by atoms with E-state index in [4.69, 9.17) is 18.8 Å². The van der Waals surface area contributed by atoms with Crippen LogP contribution >= 0.6 is 11.8 Å². The molecule has 0 aromatic heterocycles. The van der Waals surface area contributed by atoms with Crippen LogP contribution in [0.5, 0.6) is 5.75 Å². The van der Waals surface area contributed by atoms with Gasteiger partial charge >= 0.3 is 10.4 Å². The van der Waals surface area contributed by atoms with Gasteiger partial charge in [-0.1, -0.05) is 29.1 Å². The van der Waals surface area contributed by atoms with E-state index in [0.717, 1.165) is 0 Å². The molecule has 0 bridgehead atoms.